The van der Waals surface area contributed by atoms with Gasteiger partial charge in [-0.1, -0.05) is 31.2 Å². The quantitative estimate of drug-likeness (QED) is 0.391. The fourth-order valence-electron chi connectivity index (χ4n) is 5.40. The Morgan fingerprint density at radius 2 is 2.09 bits per heavy atom. The van der Waals surface area contributed by atoms with E-state index in [9.17, 15) is 4.79 Å². The van der Waals surface area contributed by atoms with Crippen molar-refractivity contribution in [2.24, 2.45) is 0 Å². The Morgan fingerprint density at radius 3 is 2.89 bits per heavy atom. The average molecular weight is 487 g/mol. The van der Waals surface area contributed by atoms with E-state index < -0.39 is 0 Å². The first-order valence-electron chi connectivity index (χ1n) is 12.4. The molecule has 0 unspecified atom stereocenters. The molecule has 1 spiro atoms. The Morgan fingerprint density at radius 1 is 1.23 bits per heavy atom. The molecule has 1 amide bonds. The van der Waals surface area contributed by atoms with Gasteiger partial charge in [0.15, 0.2) is 0 Å². The van der Waals surface area contributed by atoms with Crippen molar-refractivity contribution in [1.82, 2.24) is 14.9 Å². The van der Waals surface area contributed by atoms with Crippen LogP contribution in [0.15, 0.2) is 54.9 Å². The number of aryl methyl sites for hydroxylation is 1. The summed E-state index contributed by atoms with van der Waals surface area (Å²) in [4.78, 5) is 25.9. The third kappa shape index (κ3) is 4.29. The number of hydrogen-bond donors (Lipinski definition) is 2. The molecule has 180 valence electrons. The number of hydrogen-bond acceptors (Lipinski definition) is 5. The Balaban J connectivity index is 1.08. The summed E-state index contributed by atoms with van der Waals surface area (Å²) in [5.74, 6) is -0.200. The number of aromatic amines is 1. The van der Waals surface area contributed by atoms with Gasteiger partial charge in [-0.25, -0.2) is 0 Å². The molecule has 1 fully saturated rings. The van der Waals surface area contributed by atoms with Crippen LogP contribution in [0.1, 0.15) is 51.1 Å². The number of thiophene rings is 1. The van der Waals surface area contributed by atoms with Crippen molar-refractivity contribution in [2.75, 3.05) is 25.0 Å². The summed E-state index contributed by atoms with van der Waals surface area (Å²) in [5, 5.41) is 3.96. The maximum Gasteiger partial charge on any atom is 0.274 e. The number of carbonyl (C=O) groups is 1. The van der Waals surface area contributed by atoms with Gasteiger partial charge in [-0.15, -0.1) is 11.3 Å². The molecular weight excluding hydrogens is 456 g/mol. The zero-order chi connectivity index (χ0) is 23.8. The molecule has 1 saturated heterocycles. The van der Waals surface area contributed by atoms with Crippen molar-refractivity contribution < 1.29 is 9.53 Å². The lowest BCUT2D eigenvalue weighted by Gasteiger charge is -2.44. The van der Waals surface area contributed by atoms with Gasteiger partial charge in [0.2, 0.25) is 0 Å². The van der Waals surface area contributed by atoms with Crippen molar-refractivity contribution >= 4 is 33.8 Å². The fraction of sp³-hybridized carbons (Fsp3) is 0.357. The molecule has 6 rings (SSSR count). The number of nitrogens with one attached hydrogen (secondary N) is 2. The highest BCUT2D eigenvalue weighted by Gasteiger charge is 2.41. The normalized spacial score (nSPS) is 17.5. The van der Waals surface area contributed by atoms with E-state index in [0.717, 1.165) is 74.1 Å². The van der Waals surface area contributed by atoms with Crippen LogP contribution in [0.5, 0.6) is 0 Å². The predicted octanol–water partition coefficient (Wildman–Crippen LogP) is 5.50. The van der Waals surface area contributed by atoms with Crippen LogP contribution in [0.2, 0.25) is 0 Å². The maximum atomic E-state index is 12.7. The van der Waals surface area contributed by atoms with Crippen LogP contribution in [0.4, 0.5) is 5.69 Å². The highest BCUT2D eigenvalue weighted by Crippen LogP contribution is 2.44. The summed E-state index contributed by atoms with van der Waals surface area (Å²) in [5.41, 5.74) is 4.66. The van der Waals surface area contributed by atoms with Gasteiger partial charge in [-0.05, 0) is 48.6 Å². The molecular formula is C28H30N4O2S. The van der Waals surface area contributed by atoms with Crippen molar-refractivity contribution in [3.63, 3.8) is 0 Å². The van der Waals surface area contributed by atoms with Crippen LogP contribution in [-0.2, 0) is 29.7 Å². The van der Waals surface area contributed by atoms with E-state index in [0.29, 0.717) is 5.69 Å². The number of pyridine rings is 1. The third-order valence-electron chi connectivity index (χ3n) is 7.37. The molecule has 3 aromatic heterocycles. The molecule has 1 aromatic carbocycles. The van der Waals surface area contributed by atoms with Gasteiger partial charge in [0.1, 0.15) is 5.69 Å². The number of aromatic nitrogens is 2. The van der Waals surface area contributed by atoms with Crippen molar-refractivity contribution in [2.45, 2.75) is 44.8 Å². The van der Waals surface area contributed by atoms with Crippen molar-refractivity contribution in [3.05, 3.63) is 81.4 Å². The number of anilines is 1. The molecule has 0 aliphatic carbocycles. The molecule has 0 bridgehead atoms. The molecule has 0 saturated carbocycles. The summed E-state index contributed by atoms with van der Waals surface area (Å²) in [6.45, 7) is 5.91. The number of ether oxygens (including phenoxy) is 1. The average Bonchev–Trinajstić information content (AvgIpc) is 3.51. The maximum absolute atomic E-state index is 12.7. The minimum absolute atomic E-state index is 0.101. The fourth-order valence-corrected chi connectivity index (χ4v) is 6.58. The van der Waals surface area contributed by atoms with Gasteiger partial charge < -0.3 is 15.0 Å². The monoisotopic (exact) mass is 486 g/mol. The highest BCUT2D eigenvalue weighted by molar-refractivity contribution is 7.12. The van der Waals surface area contributed by atoms with Gasteiger partial charge in [-0.2, -0.15) is 0 Å². The van der Waals surface area contributed by atoms with Gasteiger partial charge >= 0.3 is 0 Å². The molecule has 0 radical (unpaired) electrons. The third-order valence-corrected chi connectivity index (χ3v) is 8.71. The van der Waals surface area contributed by atoms with Gasteiger partial charge in [0.25, 0.3) is 5.91 Å². The first-order chi connectivity index (χ1) is 17.1. The van der Waals surface area contributed by atoms with E-state index in [1.807, 2.05) is 60.1 Å². The zero-order valence-corrected chi connectivity index (χ0v) is 20.8. The Hall–Kier alpha value is -3.00. The van der Waals surface area contributed by atoms with Gasteiger partial charge in [0.05, 0.1) is 17.9 Å². The van der Waals surface area contributed by atoms with E-state index in [1.54, 1.807) is 0 Å². The minimum atomic E-state index is -0.200. The summed E-state index contributed by atoms with van der Waals surface area (Å²) in [7, 11) is 0. The lowest BCUT2D eigenvalue weighted by Crippen LogP contribution is -2.45. The standard InChI is InChI=1S/C28H30N4O2S/c1-2-20-15-22-26(35-20)9-14-34-28(22)10-12-32(13-11-28)18-19-7-8-24(29-16-19)27(33)31-25-17-30-23-6-4-3-5-21(23)25/h3-8,15-17,30H,2,9-14,18H2,1H3,(H,31,33). The number of carbonyl (C=O) groups excluding carboxylic acids is 1. The number of fused-ring (bicyclic) bond motifs is 3. The number of likely N-dealkylation sites (tertiary alicyclic amines) is 1. The van der Waals surface area contributed by atoms with Crippen LogP contribution in [0.25, 0.3) is 10.9 Å². The molecule has 6 nitrogen and oxygen atoms in total. The van der Waals surface area contributed by atoms with Crippen LogP contribution >= 0.6 is 11.3 Å². The summed E-state index contributed by atoms with van der Waals surface area (Å²) in [6.07, 6.45) is 7.85. The number of rotatable bonds is 5. The summed E-state index contributed by atoms with van der Waals surface area (Å²) >= 11 is 1.97. The van der Waals surface area contributed by atoms with E-state index in [1.165, 1.54) is 15.3 Å². The molecule has 2 aliphatic heterocycles. The van der Waals surface area contributed by atoms with E-state index >= 15 is 0 Å². The molecule has 2 N–H and O–H groups in total. The van der Waals surface area contributed by atoms with Gasteiger partial charge in [0, 0.05) is 59.1 Å². The Kier molecular flexibility index (Phi) is 5.92. The second kappa shape index (κ2) is 9.22. The van der Waals surface area contributed by atoms with Gasteiger partial charge in [-0.3, -0.25) is 14.7 Å². The number of amides is 1. The van der Waals surface area contributed by atoms with Crippen LogP contribution < -0.4 is 5.32 Å². The van der Waals surface area contributed by atoms with E-state index in [4.69, 9.17) is 4.74 Å². The predicted molar refractivity (Wildman–Crippen MR) is 140 cm³/mol. The molecule has 2 aliphatic rings. The van der Waals surface area contributed by atoms with Crippen LogP contribution in [0.3, 0.4) is 0 Å². The number of benzene rings is 1. The van der Waals surface area contributed by atoms with E-state index in [2.05, 4.69) is 33.2 Å². The van der Waals surface area contributed by atoms with Crippen LogP contribution in [0, 0.1) is 0 Å². The first-order valence-corrected chi connectivity index (χ1v) is 13.3. The lowest BCUT2D eigenvalue weighted by atomic mass is 9.82. The second-order valence-corrected chi connectivity index (χ2v) is 10.7. The number of para-hydroxylation sites is 1. The zero-order valence-electron chi connectivity index (χ0n) is 20.0. The summed E-state index contributed by atoms with van der Waals surface area (Å²) in [6, 6.07) is 14.1. The first kappa shape index (κ1) is 22.5. The van der Waals surface area contributed by atoms with Crippen molar-refractivity contribution in [3.8, 4) is 0 Å². The topological polar surface area (TPSA) is 70.2 Å². The molecule has 5 heterocycles. The minimum Gasteiger partial charge on any atom is -0.370 e. The molecule has 4 aromatic rings. The Labute approximate surface area is 209 Å². The number of nitrogens with zero attached hydrogens (tertiary/aromatic N) is 2. The number of H-pyrrole nitrogens is 1. The smallest absolute Gasteiger partial charge is 0.274 e. The van der Waals surface area contributed by atoms with Crippen LogP contribution in [-0.4, -0.2) is 40.5 Å². The Bertz CT molecular complexity index is 1350. The van der Waals surface area contributed by atoms with Crippen molar-refractivity contribution in [1.29, 1.82) is 0 Å². The second-order valence-electron chi connectivity index (χ2n) is 9.53. The lowest BCUT2D eigenvalue weighted by molar-refractivity contribution is -0.0981. The molecule has 35 heavy (non-hydrogen) atoms. The SMILES string of the molecule is CCc1cc2c(s1)CCOC21CCN(Cc2ccc(C(=O)Nc3c[nH]c4ccccc34)nc2)CC1. The van der Waals surface area contributed by atoms with E-state index in [-0.39, 0.29) is 11.5 Å². The largest absolute Gasteiger partial charge is 0.370 e. The molecule has 7 heteroatoms. The molecule has 0 atom stereocenters. The number of piperidine rings is 1. The highest BCUT2D eigenvalue weighted by atomic mass is 32.1. The summed E-state index contributed by atoms with van der Waals surface area (Å²) < 4.78 is 6.42.